The first-order valence-electron chi connectivity index (χ1n) is 5.19. The monoisotopic (exact) mass is 244 g/mol. The standard InChI is InChI=1S/C11H17ClN2O2/c1-6(11(15)16-5)8(3)14-9(4)10(12)7(2)13-14/h6,8H,1-5H3. The Labute approximate surface area is 101 Å². The second kappa shape index (κ2) is 4.87. The summed E-state index contributed by atoms with van der Waals surface area (Å²) >= 11 is 6.06. The minimum Gasteiger partial charge on any atom is -0.469 e. The SMILES string of the molecule is COC(=O)C(C)C(C)n1nc(C)c(Cl)c1C. The maximum Gasteiger partial charge on any atom is 0.310 e. The van der Waals surface area contributed by atoms with Gasteiger partial charge in [0.25, 0.3) is 0 Å². The normalized spacial score (nSPS) is 14.6. The first-order chi connectivity index (χ1) is 7.40. The van der Waals surface area contributed by atoms with E-state index in [0.717, 1.165) is 11.4 Å². The van der Waals surface area contributed by atoms with Crippen LogP contribution in [0.3, 0.4) is 0 Å². The van der Waals surface area contributed by atoms with Crippen molar-refractivity contribution in [3.05, 3.63) is 16.4 Å². The molecule has 0 aliphatic rings. The Kier molecular flexibility index (Phi) is 3.97. The number of rotatable bonds is 3. The van der Waals surface area contributed by atoms with Crippen molar-refractivity contribution in [2.45, 2.75) is 33.7 Å². The van der Waals surface area contributed by atoms with Crippen LogP contribution in [0.4, 0.5) is 0 Å². The lowest BCUT2D eigenvalue weighted by Crippen LogP contribution is -2.24. The molecule has 0 spiro atoms. The van der Waals surface area contributed by atoms with E-state index in [-0.39, 0.29) is 17.9 Å². The van der Waals surface area contributed by atoms with Crippen molar-refractivity contribution in [1.82, 2.24) is 9.78 Å². The van der Waals surface area contributed by atoms with Crippen LogP contribution >= 0.6 is 11.6 Å². The molecule has 2 unspecified atom stereocenters. The van der Waals surface area contributed by atoms with Gasteiger partial charge in [0.05, 0.1) is 35.5 Å². The van der Waals surface area contributed by atoms with Crippen molar-refractivity contribution in [2.75, 3.05) is 7.11 Å². The van der Waals surface area contributed by atoms with Gasteiger partial charge in [-0.25, -0.2) is 0 Å². The fourth-order valence-corrected chi connectivity index (χ4v) is 1.76. The van der Waals surface area contributed by atoms with Gasteiger partial charge < -0.3 is 4.74 Å². The number of carbonyl (C=O) groups is 1. The highest BCUT2D eigenvalue weighted by atomic mass is 35.5. The molecule has 0 saturated heterocycles. The lowest BCUT2D eigenvalue weighted by molar-refractivity contribution is -0.146. The predicted octanol–water partition coefficient (Wildman–Crippen LogP) is 2.52. The van der Waals surface area contributed by atoms with Gasteiger partial charge in [0.15, 0.2) is 0 Å². The van der Waals surface area contributed by atoms with Crippen LogP contribution in [0.25, 0.3) is 0 Å². The summed E-state index contributed by atoms with van der Waals surface area (Å²) in [4.78, 5) is 11.4. The molecule has 90 valence electrons. The molecule has 0 bridgehead atoms. The lowest BCUT2D eigenvalue weighted by Gasteiger charge is -2.19. The zero-order chi connectivity index (χ0) is 12.5. The van der Waals surface area contributed by atoms with Crippen molar-refractivity contribution in [1.29, 1.82) is 0 Å². The molecule has 1 aromatic rings. The van der Waals surface area contributed by atoms with E-state index in [9.17, 15) is 4.79 Å². The second-order valence-electron chi connectivity index (χ2n) is 3.98. The number of carbonyl (C=O) groups excluding carboxylic acids is 1. The van der Waals surface area contributed by atoms with Crippen LogP contribution in [0.2, 0.25) is 5.02 Å². The summed E-state index contributed by atoms with van der Waals surface area (Å²) in [7, 11) is 1.39. The van der Waals surface area contributed by atoms with Crippen molar-refractivity contribution < 1.29 is 9.53 Å². The number of nitrogens with zero attached hydrogens (tertiary/aromatic N) is 2. The predicted molar refractivity (Wildman–Crippen MR) is 62.6 cm³/mol. The van der Waals surface area contributed by atoms with Crippen LogP contribution in [0.15, 0.2) is 0 Å². The first-order valence-corrected chi connectivity index (χ1v) is 5.57. The summed E-state index contributed by atoms with van der Waals surface area (Å²) in [5.74, 6) is -0.491. The molecule has 5 heteroatoms. The molecule has 2 atom stereocenters. The Morgan fingerprint density at radius 1 is 1.44 bits per heavy atom. The molecule has 0 N–H and O–H groups in total. The Balaban J connectivity index is 3.00. The van der Waals surface area contributed by atoms with Gasteiger partial charge in [-0.3, -0.25) is 9.48 Å². The third-order valence-electron chi connectivity index (χ3n) is 2.92. The van der Waals surface area contributed by atoms with E-state index in [4.69, 9.17) is 16.3 Å². The van der Waals surface area contributed by atoms with Crippen LogP contribution in [0, 0.1) is 19.8 Å². The van der Waals surface area contributed by atoms with Crippen LogP contribution in [-0.2, 0) is 9.53 Å². The van der Waals surface area contributed by atoms with Gasteiger partial charge in [-0.15, -0.1) is 0 Å². The molecule has 0 aliphatic heterocycles. The van der Waals surface area contributed by atoms with Gasteiger partial charge in [-0.2, -0.15) is 5.10 Å². The Morgan fingerprint density at radius 2 is 2.00 bits per heavy atom. The van der Waals surface area contributed by atoms with Gasteiger partial charge in [-0.05, 0) is 27.7 Å². The number of aromatic nitrogens is 2. The Morgan fingerprint density at radius 3 is 2.38 bits per heavy atom. The fraction of sp³-hybridized carbons (Fsp3) is 0.636. The minimum atomic E-state index is -0.251. The van der Waals surface area contributed by atoms with Crippen molar-refractivity contribution in [3.8, 4) is 0 Å². The molecule has 1 aromatic heterocycles. The topological polar surface area (TPSA) is 44.1 Å². The van der Waals surface area contributed by atoms with Crippen molar-refractivity contribution >= 4 is 17.6 Å². The number of ether oxygens (including phenoxy) is 1. The van der Waals surface area contributed by atoms with Gasteiger partial charge >= 0.3 is 5.97 Å². The highest BCUT2D eigenvalue weighted by Crippen LogP contribution is 2.26. The maximum atomic E-state index is 11.4. The minimum absolute atomic E-state index is 0.0707. The van der Waals surface area contributed by atoms with Crippen LogP contribution in [0.1, 0.15) is 31.3 Å². The molecule has 1 heterocycles. The number of hydrogen-bond donors (Lipinski definition) is 0. The lowest BCUT2D eigenvalue weighted by atomic mass is 10.0. The molecular formula is C11H17ClN2O2. The van der Waals surface area contributed by atoms with E-state index >= 15 is 0 Å². The number of esters is 1. The van der Waals surface area contributed by atoms with E-state index in [1.165, 1.54) is 7.11 Å². The number of methoxy groups -OCH3 is 1. The van der Waals surface area contributed by atoms with E-state index in [2.05, 4.69) is 5.10 Å². The molecule has 0 fully saturated rings. The highest BCUT2D eigenvalue weighted by Gasteiger charge is 2.25. The van der Waals surface area contributed by atoms with Crippen LogP contribution in [-0.4, -0.2) is 22.9 Å². The third kappa shape index (κ3) is 2.21. The quantitative estimate of drug-likeness (QED) is 0.768. The molecule has 4 nitrogen and oxygen atoms in total. The van der Waals surface area contributed by atoms with Crippen molar-refractivity contribution in [3.63, 3.8) is 0 Å². The van der Waals surface area contributed by atoms with Crippen molar-refractivity contribution in [2.24, 2.45) is 5.92 Å². The molecule has 0 aliphatic carbocycles. The summed E-state index contributed by atoms with van der Waals surface area (Å²) < 4.78 is 6.50. The molecule has 0 amide bonds. The smallest absolute Gasteiger partial charge is 0.310 e. The molecule has 1 rings (SSSR count). The first kappa shape index (κ1) is 13.0. The number of hydrogen-bond acceptors (Lipinski definition) is 3. The zero-order valence-corrected chi connectivity index (χ0v) is 11.0. The fourth-order valence-electron chi connectivity index (χ4n) is 1.63. The van der Waals surface area contributed by atoms with Gasteiger partial charge in [0.2, 0.25) is 0 Å². The number of halogens is 1. The summed E-state index contributed by atoms with van der Waals surface area (Å²) in [5.41, 5.74) is 1.66. The molecule has 16 heavy (non-hydrogen) atoms. The van der Waals surface area contributed by atoms with Gasteiger partial charge in [-0.1, -0.05) is 11.6 Å². The van der Waals surface area contributed by atoms with E-state index in [1.54, 1.807) is 4.68 Å². The summed E-state index contributed by atoms with van der Waals surface area (Å²) in [6.45, 7) is 7.49. The second-order valence-corrected chi connectivity index (χ2v) is 4.36. The Bertz CT molecular complexity index is 401. The highest BCUT2D eigenvalue weighted by molar-refractivity contribution is 6.31. The number of aryl methyl sites for hydroxylation is 1. The molecule has 0 aromatic carbocycles. The van der Waals surface area contributed by atoms with Gasteiger partial charge in [0.1, 0.15) is 0 Å². The van der Waals surface area contributed by atoms with E-state index in [0.29, 0.717) is 5.02 Å². The summed E-state index contributed by atoms with van der Waals surface area (Å²) in [6.07, 6.45) is 0. The van der Waals surface area contributed by atoms with E-state index in [1.807, 2.05) is 27.7 Å². The largest absolute Gasteiger partial charge is 0.469 e. The zero-order valence-electron chi connectivity index (χ0n) is 10.2. The van der Waals surface area contributed by atoms with E-state index < -0.39 is 0 Å². The summed E-state index contributed by atoms with van der Waals surface area (Å²) in [5, 5.41) is 4.98. The molecular weight excluding hydrogens is 228 g/mol. The molecule has 0 radical (unpaired) electrons. The van der Waals surface area contributed by atoms with Crippen LogP contribution in [0.5, 0.6) is 0 Å². The maximum absolute atomic E-state index is 11.4. The van der Waals surface area contributed by atoms with Crippen LogP contribution < -0.4 is 0 Å². The summed E-state index contributed by atoms with van der Waals surface area (Å²) in [6, 6.07) is -0.0707. The van der Waals surface area contributed by atoms with Gasteiger partial charge in [0, 0.05) is 0 Å². The average Bonchev–Trinajstić information content (AvgIpc) is 2.54. The molecule has 0 saturated carbocycles. The Hall–Kier alpha value is -1.03. The average molecular weight is 245 g/mol. The third-order valence-corrected chi connectivity index (χ3v) is 3.47.